The summed E-state index contributed by atoms with van der Waals surface area (Å²) in [5.41, 5.74) is 0.710. The number of methoxy groups -OCH3 is 1. The molecule has 0 aliphatic heterocycles. The molecule has 2 aromatic rings. The fourth-order valence-electron chi connectivity index (χ4n) is 2.38. The Kier molecular flexibility index (Phi) is 5.87. The van der Waals surface area contributed by atoms with Crippen LogP contribution in [0.4, 0.5) is 13.2 Å². The van der Waals surface area contributed by atoms with Crippen molar-refractivity contribution in [3.05, 3.63) is 65.2 Å². The quantitative estimate of drug-likeness (QED) is 0.840. The maximum Gasteiger partial charge on any atom is 0.416 e. The lowest BCUT2D eigenvalue weighted by atomic mass is 10.0. The topological polar surface area (TPSA) is 55.4 Å². The van der Waals surface area contributed by atoms with Crippen molar-refractivity contribution in [2.45, 2.75) is 24.1 Å². The highest BCUT2D eigenvalue weighted by Crippen LogP contribution is 2.30. The Morgan fingerprint density at radius 1 is 1.12 bits per heavy atom. The molecule has 0 aliphatic carbocycles. The summed E-state index contributed by atoms with van der Waals surface area (Å²) < 4.78 is 70.5. The van der Waals surface area contributed by atoms with Gasteiger partial charge in [0.15, 0.2) is 0 Å². The van der Waals surface area contributed by atoms with Crippen LogP contribution in [0.25, 0.3) is 0 Å². The van der Waals surface area contributed by atoms with Crippen LogP contribution in [-0.4, -0.2) is 22.1 Å². The predicted molar refractivity (Wildman–Crippen MR) is 87.6 cm³/mol. The Morgan fingerprint density at radius 2 is 1.80 bits per heavy atom. The first-order valence-corrected chi connectivity index (χ1v) is 8.88. The van der Waals surface area contributed by atoms with E-state index in [1.165, 1.54) is 7.11 Å². The zero-order valence-electron chi connectivity index (χ0n) is 13.7. The van der Waals surface area contributed by atoms with Crippen LogP contribution in [0.5, 0.6) is 0 Å². The summed E-state index contributed by atoms with van der Waals surface area (Å²) in [4.78, 5) is -0.443. The number of hydrogen-bond donors (Lipinski definition) is 1. The molecule has 0 amide bonds. The summed E-state index contributed by atoms with van der Waals surface area (Å²) in [5, 5.41) is 0. The molecule has 136 valence electrons. The first-order valence-electron chi connectivity index (χ1n) is 7.40. The highest BCUT2D eigenvalue weighted by Gasteiger charge is 2.31. The van der Waals surface area contributed by atoms with Gasteiger partial charge in [0.1, 0.15) is 0 Å². The van der Waals surface area contributed by atoms with Gasteiger partial charge in [-0.1, -0.05) is 30.3 Å². The summed E-state index contributed by atoms with van der Waals surface area (Å²) in [6.07, 6.45) is -5.16. The number of aryl methyl sites for hydroxylation is 1. The van der Waals surface area contributed by atoms with Crippen molar-refractivity contribution in [2.75, 3.05) is 13.7 Å². The summed E-state index contributed by atoms with van der Waals surface area (Å²) in [6.45, 7) is 1.77. The number of rotatable bonds is 6. The number of nitrogens with one attached hydrogen (secondary N) is 1. The van der Waals surface area contributed by atoms with E-state index in [9.17, 15) is 21.6 Å². The van der Waals surface area contributed by atoms with Crippen LogP contribution >= 0.6 is 0 Å². The molecular formula is C17H18F3NO3S. The molecule has 2 aromatic carbocycles. The van der Waals surface area contributed by atoms with Crippen molar-refractivity contribution < 1.29 is 26.3 Å². The number of hydrogen-bond acceptors (Lipinski definition) is 3. The number of alkyl halides is 3. The molecule has 1 unspecified atom stereocenters. The lowest BCUT2D eigenvalue weighted by molar-refractivity contribution is -0.137. The third-order valence-corrected chi connectivity index (χ3v) is 5.17. The third-order valence-electron chi connectivity index (χ3n) is 3.75. The number of sulfonamides is 1. The van der Waals surface area contributed by atoms with E-state index in [1.807, 2.05) is 25.1 Å². The Labute approximate surface area is 144 Å². The van der Waals surface area contributed by atoms with Crippen molar-refractivity contribution in [1.82, 2.24) is 4.72 Å². The lowest BCUT2D eigenvalue weighted by Crippen LogP contribution is -2.29. The fourth-order valence-corrected chi connectivity index (χ4v) is 3.45. The van der Waals surface area contributed by atoms with Crippen LogP contribution in [0.15, 0.2) is 53.4 Å². The van der Waals surface area contributed by atoms with Gasteiger partial charge in [-0.15, -0.1) is 0 Å². The maximum atomic E-state index is 12.8. The second-order valence-corrected chi connectivity index (χ2v) is 7.23. The first-order chi connectivity index (χ1) is 11.6. The van der Waals surface area contributed by atoms with Gasteiger partial charge < -0.3 is 4.74 Å². The average molecular weight is 373 g/mol. The van der Waals surface area contributed by atoms with E-state index in [4.69, 9.17) is 4.74 Å². The molecule has 1 atom stereocenters. The van der Waals surface area contributed by atoms with Crippen LogP contribution in [-0.2, 0) is 20.9 Å². The second-order valence-electron chi connectivity index (χ2n) is 5.46. The van der Waals surface area contributed by atoms with Crippen molar-refractivity contribution in [3.63, 3.8) is 0 Å². The fraction of sp³-hybridized carbons (Fsp3) is 0.294. The maximum absolute atomic E-state index is 12.8. The minimum Gasteiger partial charge on any atom is -0.375 e. The van der Waals surface area contributed by atoms with Gasteiger partial charge in [-0.25, -0.2) is 13.1 Å². The molecule has 0 radical (unpaired) electrons. The molecule has 0 aliphatic rings. The van der Waals surface area contributed by atoms with Crippen LogP contribution in [0.1, 0.15) is 22.8 Å². The Hall–Kier alpha value is -1.90. The molecule has 2 rings (SSSR count). The first kappa shape index (κ1) is 19.4. The van der Waals surface area contributed by atoms with E-state index in [1.54, 1.807) is 6.07 Å². The minimum atomic E-state index is -4.61. The second kappa shape index (κ2) is 7.55. The molecule has 0 saturated heterocycles. The van der Waals surface area contributed by atoms with Gasteiger partial charge in [0.25, 0.3) is 0 Å². The Balaban J connectivity index is 2.20. The van der Waals surface area contributed by atoms with E-state index in [0.29, 0.717) is 6.07 Å². The zero-order valence-corrected chi connectivity index (χ0v) is 14.5. The van der Waals surface area contributed by atoms with Gasteiger partial charge >= 0.3 is 6.18 Å². The van der Waals surface area contributed by atoms with Crippen LogP contribution in [0.3, 0.4) is 0 Å². The number of halogens is 3. The van der Waals surface area contributed by atoms with Crippen molar-refractivity contribution in [2.24, 2.45) is 0 Å². The van der Waals surface area contributed by atoms with Crippen molar-refractivity contribution in [1.29, 1.82) is 0 Å². The molecule has 4 nitrogen and oxygen atoms in total. The Bertz CT molecular complexity index is 835. The van der Waals surface area contributed by atoms with Gasteiger partial charge in [0, 0.05) is 13.7 Å². The van der Waals surface area contributed by atoms with Crippen LogP contribution in [0, 0.1) is 6.92 Å². The highest BCUT2D eigenvalue weighted by molar-refractivity contribution is 7.89. The summed E-state index contributed by atoms with van der Waals surface area (Å²) in [5.74, 6) is 0. The molecule has 0 bridgehead atoms. The number of benzene rings is 2. The van der Waals surface area contributed by atoms with Gasteiger partial charge in [0.2, 0.25) is 10.0 Å². The standard InChI is InChI=1S/C17H18F3NO3S/c1-12-6-3-4-9-15(12)16(24-2)11-21-25(22,23)14-8-5-7-13(10-14)17(18,19)20/h3-10,16,21H,11H2,1-2H3. The van der Waals surface area contributed by atoms with Gasteiger partial charge in [-0.05, 0) is 36.2 Å². The van der Waals surface area contributed by atoms with Crippen LogP contribution < -0.4 is 4.72 Å². The smallest absolute Gasteiger partial charge is 0.375 e. The third kappa shape index (κ3) is 4.81. The van der Waals surface area contributed by atoms with E-state index < -0.39 is 32.8 Å². The summed E-state index contributed by atoms with van der Waals surface area (Å²) in [7, 11) is -2.66. The lowest BCUT2D eigenvalue weighted by Gasteiger charge is -2.19. The van der Waals surface area contributed by atoms with Gasteiger partial charge in [-0.2, -0.15) is 13.2 Å². The monoisotopic (exact) mass is 373 g/mol. The van der Waals surface area contributed by atoms with E-state index in [-0.39, 0.29) is 6.54 Å². The molecule has 0 heterocycles. The van der Waals surface area contributed by atoms with E-state index in [0.717, 1.165) is 29.3 Å². The molecule has 25 heavy (non-hydrogen) atoms. The van der Waals surface area contributed by atoms with Gasteiger partial charge in [-0.3, -0.25) is 0 Å². The van der Waals surface area contributed by atoms with Crippen molar-refractivity contribution in [3.8, 4) is 0 Å². The molecule has 0 saturated carbocycles. The number of ether oxygens (including phenoxy) is 1. The molecule has 0 fully saturated rings. The Morgan fingerprint density at radius 3 is 2.40 bits per heavy atom. The molecular weight excluding hydrogens is 355 g/mol. The van der Waals surface area contributed by atoms with Crippen LogP contribution in [0.2, 0.25) is 0 Å². The average Bonchev–Trinajstić information content (AvgIpc) is 2.56. The normalized spacial score (nSPS) is 13.6. The van der Waals surface area contributed by atoms with Crippen molar-refractivity contribution >= 4 is 10.0 Å². The van der Waals surface area contributed by atoms with E-state index >= 15 is 0 Å². The molecule has 0 spiro atoms. The highest BCUT2D eigenvalue weighted by atomic mass is 32.2. The minimum absolute atomic E-state index is 0.0973. The SMILES string of the molecule is COC(CNS(=O)(=O)c1cccc(C(F)(F)F)c1)c1ccccc1C. The predicted octanol–water partition coefficient (Wildman–Crippen LogP) is 3.68. The van der Waals surface area contributed by atoms with E-state index in [2.05, 4.69) is 4.72 Å². The zero-order chi connectivity index (χ0) is 18.7. The summed E-state index contributed by atoms with van der Waals surface area (Å²) >= 11 is 0. The largest absolute Gasteiger partial charge is 0.416 e. The molecule has 8 heteroatoms. The molecule has 0 aromatic heterocycles. The van der Waals surface area contributed by atoms with Gasteiger partial charge in [0.05, 0.1) is 16.6 Å². The summed E-state index contributed by atoms with van der Waals surface area (Å²) in [6, 6.07) is 10.9. The molecule has 1 N–H and O–H groups in total.